The summed E-state index contributed by atoms with van der Waals surface area (Å²) in [4.78, 5) is 9.38. The number of piperidine rings is 1. The van der Waals surface area contributed by atoms with Crippen molar-refractivity contribution in [2.45, 2.75) is 32.4 Å². The number of anilines is 1. The summed E-state index contributed by atoms with van der Waals surface area (Å²) in [7, 11) is 4.34. The molecule has 1 aromatic rings. The SMILES string of the molecule is Cc1nc(N(C)C2CCN(C)CC2)ccc1CN. The number of nitrogens with two attached hydrogens (primary N) is 1. The molecule has 0 spiro atoms. The Hall–Kier alpha value is -1.13. The van der Waals surface area contributed by atoms with Gasteiger partial charge in [-0.2, -0.15) is 0 Å². The molecule has 100 valence electrons. The Morgan fingerprint density at radius 2 is 2.06 bits per heavy atom. The van der Waals surface area contributed by atoms with Gasteiger partial charge in [0, 0.05) is 25.3 Å². The fourth-order valence-electron chi connectivity index (χ4n) is 2.56. The van der Waals surface area contributed by atoms with E-state index in [-0.39, 0.29) is 0 Å². The topological polar surface area (TPSA) is 45.4 Å². The maximum absolute atomic E-state index is 5.68. The molecule has 0 atom stereocenters. The van der Waals surface area contributed by atoms with Crippen LogP contribution in [0.5, 0.6) is 0 Å². The molecule has 2 N–H and O–H groups in total. The van der Waals surface area contributed by atoms with E-state index >= 15 is 0 Å². The zero-order valence-electron chi connectivity index (χ0n) is 11.7. The van der Waals surface area contributed by atoms with Crippen LogP contribution in [0.4, 0.5) is 5.82 Å². The Kier molecular flexibility index (Phi) is 4.19. The fourth-order valence-corrected chi connectivity index (χ4v) is 2.56. The first-order valence-corrected chi connectivity index (χ1v) is 6.69. The Labute approximate surface area is 110 Å². The van der Waals surface area contributed by atoms with Gasteiger partial charge in [0.05, 0.1) is 0 Å². The van der Waals surface area contributed by atoms with Gasteiger partial charge in [-0.25, -0.2) is 4.98 Å². The van der Waals surface area contributed by atoms with Crippen molar-refractivity contribution in [1.29, 1.82) is 0 Å². The standard InChI is InChI=1S/C14H24N4/c1-11-12(10-15)4-5-14(16-11)18(3)13-6-8-17(2)9-7-13/h4-5,13H,6-10,15H2,1-3H3. The fraction of sp³-hybridized carbons (Fsp3) is 0.643. The number of hydrogen-bond donors (Lipinski definition) is 1. The second-order valence-electron chi connectivity index (χ2n) is 5.26. The van der Waals surface area contributed by atoms with Crippen molar-refractivity contribution in [1.82, 2.24) is 9.88 Å². The minimum atomic E-state index is 0.567. The normalized spacial score (nSPS) is 18.0. The monoisotopic (exact) mass is 248 g/mol. The maximum atomic E-state index is 5.68. The molecular weight excluding hydrogens is 224 g/mol. The first kappa shape index (κ1) is 13.3. The lowest BCUT2D eigenvalue weighted by Crippen LogP contribution is -2.42. The lowest BCUT2D eigenvalue weighted by atomic mass is 10.0. The summed E-state index contributed by atoms with van der Waals surface area (Å²) in [6, 6.07) is 4.80. The number of likely N-dealkylation sites (tertiary alicyclic amines) is 1. The molecule has 4 nitrogen and oxygen atoms in total. The van der Waals surface area contributed by atoms with Crippen LogP contribution in [0.25, 0.3) is 0 Å². The zero-order chi connectivity index (χ0) is 13.1. The Morgan fingerprint density at radius 3 is 2.61 bits per heavy atom. The average Bonchev–Trinajstić information content (AvgIpc) is 2.38. The van der Waals surface area contributed by atoms with E-state index in [1.54, 1.807) is 0 Å². The van der Waals surface area contributed by atoms with E-state index in [2.05, 4.69) is 41.0 Å². The average molecular weight is 248 g/mol. The van der Waals surface area contributed by atoms with Crippen molar-refractivity contribution in [2.75, 3.05) is 32.1 Å². The van der Waals surface area contributed by atoms with E-state index in [1.165, 1.54) is 25.9 Å². The summed E-state index contributed by atoms with van der Waals surface area (Å²) in [6.07, 6.45) is 2.43. The van der Waals surface area contributed by atoms with E-state index in [1.807, 2.05) is 6.92 Å². The predicted molar refractivity (Wildman–Crippen MR) is 75.8 cm³/mol. The largest absolute Gasteiger partial charge is 0.357 e. The van der Waals surface area contributed by atoms with Crippen molar-refractivity contribution in [3.8, 4) is 0 Å². The highest BCUT2D eigenvalue weighted by molar-refractivity contribution is 5.42. The summed E-state index contributed by atoms with van der Waals surface area (Å²) >= 11 is 0. The van der Waals surface area contributed by atoms with Gasteiger partial charge >= 0.3 is 0 Å². The molecule has 0 aliphatic carbocycles. The Morgan fingerprint density at radius 1 is 1.39 bits per heavy atom. The summed E-state index contributed by atoms with van der Waals surface area (Å²) in [5.41, 5.74) is 7.86. The summed E-state index contributed by atoms with van der Waals surface area (Å²) in [5.74, 6) is 1.07. The molecule has 2 heterocycles. The van der Waals surface area contributed by atoms with Crippen LogP contribution in [0.2, 0.25) is 0 Å². The highest BCUT2D eigenvalue weighted by atomic mass is 15.2. The molecule has 0 bridgehead atoms. The second-order valence-corrected chi connectivity index (χ2v) is 5.26. The molecule has 2 rings (SSSR count). The number of hydrogen-bond acceptors (Lipinski definition) is 4. The number of rotatable bonds is 3. The van der Waals surface area contributed by atoms with Gasteiger partial charge in [0.25, 0.3) is 0 Å². The van der Waals surface area contributed by atoms with Gasteiger partial charge < -0.3 is 15.5 Å². The van der Waals surface area contributed by atoms with E-state index in [4.69, 9.17) is 5.73 Å². The lowest BCUT2D eigenvalue weighted by Gasteiger charge is -2.35. The molecule has 1 aliphatic heterocycles. The van der Waals surface area contributed by atoms with Gasteiger partial charge in [0.2, 0.25) is 0 Å². The Bertz CT molecular complexity index is 397. The maximum Gasteiger partial charge on any atom is 0.128 e. The van der Waals surface area contributed by atoms with Gasteiger partial charge in [-0.3, -0.25) is 0 Å². The van der Waals surface area contributed by atoms with Crippen molar-refractivity contribution in [3.63, 3.8) is 0 Å². The van der Waals surface area contributed by atoms with Gasteiger partial charge in [0.15, 0.2) is 0 Å². The van der Waals surface area contributed by atoms with Crippen molar-refractivity contribution >= 4 is 5.82 Å². The molecule has 1 aromatic heterocycles. The second kappa shape index (κ2) is 5.67. The Balaban J connectivity index is 2.08. The molecule has 0 radical (unpaired) electrons. The smallest absolute Gasteiger partial charge is 0.128 e. The van der Waals surface area contributed by atoms with Crippen molar-refractivity contribution in [3.05, 3.63) is 23.4 Å². The number of aromatic nitrogens is 1. The van der Waals surface area contributed by atoms with Crippen molar-refractivity contribution in [2.24, 2.45) is 5.73 Å². The molecule has 0 aromatic carbocycles. The molecule has 0 unspecified atom stereocenters. The highest BCUT2D eigenvalue weighted by Crippen LogP contribution is 2.21. The quantitative estimate of drug-likeness (QED) is 0.878. The van der Waals surface area contributed by atoms with Crippen LogP contribution >= 0.6 is 0 Å². The van der Waals surface area contributed by atoms with Crippen LogP contribution < -0.4 is 10.6 Å². The molecule has 1 fully saturated rings. The molecule has 1 saturated heterocycles. The van der Waals surface area contributed by atoms with Crippen LogP contribution in [-0.4, -0.2) is 43.1 Å². The van der Waals surface area contributed by atoms with Gasteiger partial charge in [-0.1, -0.05) is 6.07 Å². The van der Waals surface area contributed by atoms with Gasteiger partial charge in [-0.05, 0) is 51.5 Å². The predicted octanol–water partition coefficient (Wildman–Crippen LogP) is 1.38. The summed E-state index contributed by atoms with van der Waals surface area (Å²) in [5, 5.41) is 0. The first-order chi connectivity index (χ1) is 8.61. The number of pyridine rings is 1. The number of nitrogens with zero attached hydrogens (tertiary/aromatic N) is 3. The minimum absolute atomic E-state index is 0.567. The molecular formula is C14H24N4. The van der Waals surface area contributed by atoms with Crippen LogP contribution in [0.1, 0.15) is 24.1 Å². The van der Waals surface area contributed by atoms with Crippen LogP contribution in [0.3, 0.4) is 0 Å². The lowest BCUT2D eigenvalue weighted by molar-refractivity contribution is 0.252. The van der Waals surface area contributed by atoms with Crippen LogP contribution in [-0.2, 0) is 6.54 Å². The molecule has 4 heteroatoms. The van der Waals surface area contributed by atoms with E-state index < -0.39 is 0 Å². The van der Waals surface area contributed by atoms with Gasteiger partial charge in [0.1, 0.15) is 5.82 Å². The summed E-state index contributed by atoms with van der Waals surface area (Å²) < 4.78 is 0. The minimum Gasteiger partial charge on any atom is -0.357 e. The van der Waals surface area contributed by atoms with E-state index in [0.29, 0.717) is 12.6 Å². The zero-order valence-corrected chi connectivity index (χ0v) is 11.7. The van der Waals surface area contributed by atoms with Crippen LogP contribution in [0.15, 0.2) is 12.1 Å². The molecule has 0 saturated carbocycles. The third-order valence-electron chi connectivity index (χ3n) is 4.00. The van der Waals surface area contributed by atoms with Gasteiger partial charge in [-0.15, -0.1) is 0 Å². The summed E-state index contributed by atoms with van der Waals surface area (Å²) in [6.45, 7) is 4.95. The van der Waals surface area contributed by atoms with Crippen LogP contribution in [0, 0.1) is 6.92 Å². The highest BCUT2D eigenvalue weighted by Gasteiger charge is 2.21. The van der Waals surface area contributed by atoms with E-state index in [0.717, 1.165) is 17.1 Å². The molecule has 0 amide bonds. The first-order valence-electron chi connectivity index (χ1n) is 6.69. The van der Waals surface area contributed by atoms with Crippen molar-refractivity contribution < 1.29 is 0 Å². The van der Waals surface area contributed by atoms with E-state index in [9.17, 15) is 0 Å². The third kappa shape index (κ3) is 2.82. The molecule has 18 heavy (non-hydrogen) atoms. The number of aryl methyl sites for hydroxylation is 1. The molecule has 1 aliphatic rings. The third-order valence-corrected chi connectivity index (χ3v) is 4.00.